The molecule has 2 unspecified atom stereocenters. The van der Waals surface area contributed by atoms with Gasteiger partial charge in [0.25, 0.3) is 0 Å². The zero-order valence-electron chi connectivity index (χ0n) is 8.22. The van der Waals surface area contributed by atoms with Crippen molar-refractivity contribution < 1.29 is 14.6 Å². The molecule has 1 heterocycles. The molecule has 0 aromatic heterocycles. The quantitative estimate of drug-likeness (QED) is 0.726. The van der Waals surface area contributed by atoms with Gasteiger partial charge in [0.2, 0.25) is 0 Å². The summed E-state index contributed by atoms with van der Waals surface area (Å²) < 4.78 is 4.78. The van der Waals surface area contributed by atoms with Crippen molar-refractivity contribution in [2.75, 3.05) is 6.54 Å². The lowest BCUT2D eigenvalue weighted by atomic mass is 9.97. The second-order valence-corrected chi connectivity index (χ2v) is 3.56. The Labute approximate surface area is 87.9 Å². The van der Waals surface area contributed by atoms with E-state index in [0.29, 0.717) is 0 Å². The molecule has 0 aliphatic carbocycles. The number of hydrogen-bond acceptors (Lipinski definition) is 3. The molecule has 1 aliphatic heterocycles. The predicted molar refractivity (Wildman–Crippen MR) is 54.7 cm³/mol. The SMILES string of the molecule is O=C(O)OC1NCCC1c1ccccc1. The van der Waals surface area contributed by atoms with Gasteiger partial charge in [0.05, 0.1) is 0 Å². The number of rotatable bonds is 2. The molecule has 4 heteroatoms. The maximum Gasteiger partial charge on any atom is 0.507 e. The molecule has 0 saturated carbocycles. The molecule has 0 spiro atoms. The number of ether oxygens (including phenoxy) is 1. The maximum absolute atomic E-state index is 10.5. The fourth-order valence-electron chi connectivity index (χ4n) is 1.95. The summed E-state index contributed by atoms with van der Waals surface area (Å²) in [4.78, 5) is 10.5. The molecule has 1 fully saturated rings. The summed E-state index contributed by atoms with van der Waals surface area (Å²) in [7, 11) is 0. The van der Waals surface area contributed by atoms with Gasteiger partial charge in [0.15, 0.2) is 6.23 Å². The van der Waals surface area contributed by atoms with Gasteiger partial charge < -0.3 is 9.84 Å². The highest BCUT2D eigenvalue weighted by atomic mass is 16.7. The first-order valence-corrected chi connectivity index (χ1v) is 4.95. The van der Waals surface area contributed by atoms with E-state index >= 15 is 0 Å². The van der Waals surface area contributed by atoms with Crippen molar-refractivity contribution >= 4 is 6.16 Å². The van der Waals surface area contributed by atoms with Crippen LogP contribution in [-0.4, -0.2) is 24.0 Å². The van der Waals surface area contributed by atoms with Gasteiger partial charge in [-0.25, -0.2) is 4.79 Å². The number of benzene rings is 1. The van der Waals surface area contributed by atoms with Gasteiger partial charge in [-0.15, -0.1) is 0 Å². The first-order valence-electron chi connectivity index (χ1n) is 4.95. The molecule has 2 N–H and O–H groups in total. The Morgan fingerprint density at radius 1 is 1.40 bits per heavy atom. The molecule has 1 aromatic rings. The van der Waals surface area contributed by atoms with Crippen molar-refractivity contribution in [3.8, 4) is 0 Å². The molecular formula is C11H13NO3. The first kappa shape index (κ1) is 9.98. The first-order chi connectivity index (χ1) is 7.27. The second-order valence-electron chi connectivity index (χ2n) is 3.56. The molecule has 15 heavy (non-hydrogen) atoms. The average molecular weight is 207 g/mol. The Morgan fingerprint density at radius 2 is 2.13 bits per heavy atom. The van der Waals surface area contributed by atoms with Crippen LogP contribution >= 0.6 is 0 Å². The molecule has 1 saturated heterocycles. The van der Waals surface area contributed by atoms with Crippen molar-refractivity contribution in [3.63, 3.8) is 0 Å². The summed E-state index contributed by atoms with van der Waals surface area (Å²) in [5, 5.41) is 11.6. The van der Waals surface area contributed by atoms with Crippen molar-refractivity contribution in [2.24, 2.45) is 0 Å². The molecule has 80 valence electrons. The van der Waals surface area contributed by atoms with Gasteiger partial charge in [-0.2, -0.15) is 0 Å². The summed E-state index contributed by atoms with van der Waals surface area (Å²) >= 11 is 0. The van der Waals surface area contributed by atoms with Crippen molar-refractivity contribution in [3.05, 3.63) is 35.9 Å². The van der Waals surface area contributed by atoms with Gasteiger partial charge in [-0.1, -0.05) is 30.3 Å². The van der Waals surface area contributed by atoms with Crippen LogP contribution in [0.2, 0.25) is 0 Å². The van der Waals surface area contributed by atoms with Gasteiger partial charge in [0.1, 0.15) is 0 Å². The molecule has 1 aliphatic rings. The molecule has 2 rings (SSSR count). The molecule has 4 nitrogen and oxygen atoms in total. The van der Waals surface area contributed by atoms with Crippen molar-refractivity contribution in [1.29, 1.82) is 0 Å². The van der Waals surface area contributed by atoms with Crippen LogP contribution < -0.4 is 5.32 Å². The van der Waals surface area contributed by atoms with E-state index in [4.69, 9.17) is 9.84 Å². The van der Waals surface area contributed by atoms with E-state index in [1.165, 1.54) is 0 Å². The minimum absolute atomic E-state index is 0.127. The molecule has 0 bridgehead atoms. The van der Waals surface area contributed by atoms with E-state index in [1.54, 1.807) is 0 Å². The lowest BCUT2D eigenvalue weighted by molar-refractivity contribution is 0.0383. The predicted octanol–water partition coefficient (Wildman–Crippen LogP) is 1.78. The van der Waals surface area contributed by atoms with E-state index in [-0.39, 0.29) is 5.92 Å². The fourth-order valence-corrected chi connectivity index (χ4v) is 1.95. The number of nitrogens with one attached hydrogen (secondary N) is 1. The average Bonchev–Trinajstić information content (AvgIpc) is 2.66. The molecule has 1 aromatic carbocycles. The normalized spacial score (nSPS) is 25.1. The smallest absolute Gasteiger partial charge is 0.450 e. The summed E-state index contributed by atoms with van der Waals surface area (Å²) in [6.07, 6.45) is -0.734. The van der Waals surface area contributed by atoms with E-state index in [0.717, 1.165) is 18.5 Å². The third-order valence-electron chi connectivity index (χ3n) is 2.62. The van der Waals surface area contributed by atoms with Crippen molar-refractivity contribution in [1.82, 2.24) is 5.32 Å². The van der Waals surface area contributed by atoms with Crippen LogP contribution in [0, 0.1) is 0 Å². The van der Waals surface area contributed by atoms with Gasteiger partial charge in [-0.3, -0.25) is 5.32 Å². The lowest BCUT2D eigenvalue weighted by Gasteiger charge is -2.18. The largest absolute Gasteiger partial charge is 0.507 e. The molecule has 0 radical (unpaired) electrons. The fraction of sp³-hybridized carbons (Fsp3) is 0.364. The summed E-state index contributed by atoms with van der Waals surface area (Å²) in [6, 6.07) is 9.83. The van der Waals surface area contributed by atoms with Crippen LogP contribution in [0.25, 0.3) is 0 Å². The van der Waals surface area contributed by atoms with E-state index in [9.17, 15) is 4.79 Å². The van der Waals surface area contributed by atoms with Crippen LogP contribution in [-0.2, 0) is 4.74 Å². The monoisotopic (exact) mass is 207 g/mol. The molecule has 2 atom stereocenters. The highest BCUT2D eigenvalue weighted by Crippen LogP contribution is 2.28. The Bertz CT molecular complexity index is 339. The molecule has 0 amide bonds. The van der Waals surface area contributed by atoms with Crippen LogP contribution in [0.3, 0.4) is 0 Å². The third kappa shape index (κ3) is 2.27. The summed E-state index contributed by atoms with van der Waals surface area (Å²) in [5.74, 6) is 0.127. The standard InChI is InChI=1S/C11H13NO3/c13-11(14)15-10-9(6-7-12-10)8-4-2-1-3-5-8/h1-5,9-10,12H,6-7H2,(H,13,14). The van der Waals surface area contributed by atoms with E-state index < -0.39 is 12.4 Å². The van der Waals surface area contributed by atoms with Crippen LogP contribution in [0.5, 0.6) is 0 Å². The Kier molecular flexibility index (Phi) is 2.87. The number of carboxylic acid groups (broad SMARTS) is 1. The number of carbonyl (C=O) groups is 1. The van der Waals surface area contributed by atoms with Crippen LogP contribution in [0.4, 0.5) is 4.79 Å². The Hall–Kier alpha value is -1.55. The zero-order chi connectivity index (χ0) is 10.7. The topological polar surface area (TPSA) is 58.6 Å². The van der Waals surface area contributed by atoms with Crippen LogP contribution in [0.1, 0.15) is 17.9 Å². The van der Waals surface area contributed by atoms with Gasteiger partial charge in [-0.05, 0) is 18.5 Å². The Balaban J connectivity index is 2.11. The summed E-state index contributed by atoms with van der Waals surface area (Å²) in [5.41, 5.74) is 1.12. The Morgan fingerprint density at radius 3 is 2.80 bits per heavy atom. The van der Waals surface area contributed by atoms with Crippen molar-refractivity contribution in [2.45, 2.75) is 18.6 Å². The minimum atomic E-state index is -1.23. The zero-order valence-corrected chi connectivity index (χ0v) is 8.22. The van der Waals surface area contributed by atoms with Gasteiger partial charge in [0, 0.05) is 5.92 Å². The second kappa shape index (κ2) is 4.31. The highest BCUT2D eigenvalue weighted by molar-refractivity contribution is 5.57. The van der Waals surface area contributed by atoms with E-state index in [1.807, 2.05) is 30.3 Å². The van der Waals surface area contributed by atoms with Crippen LogP contribution in [0.15, 0.2) is 30.3 Å². The lowest BCUT2D eigenvalue weighted by Crippen LogP contribution is -2.31. The minimum Gasteiger partial charge on any atom is -0.450 e. The van der Waals surface area contributed by atoms with E-state index in [2.05, 4.69) is 5.32 Å². The highest BCUT2D eigenvalue weighted by Gasteiger charge is 2.30. The summed E-state index contributed by atoms with van der Waals surface area (Å²) in [6.45, 7) is 0.789. The maximum atomic E-state index is 10.5. The van der Waals surface area contributed by atoms with Gasteiger partial charge >= 0.3 is 6.16 Å². The number of hydrogen-bond donors (Lipinski definition) is 2. The molecular weight excluding hydrogens is 194 g/mol. The third-order valence-corrected chi connectivity index (χ3v) is 2.62.